The average Bonchev–Trinajstić information content (AvgIpc) is 2.98. The van der Waals surface area contributed by atoms with Crippen molar-refractivity contribution < 1.29 is 14.6 Å². The van der Waals surface area contributed by atoms with Gasteiger partial charge in [0.05, 0.1) is 11.1 Å². The second-order valence-corrected chi connectivity index (χ2v) is 5.55. The van der Waals surface area contributed by atoms with Crippen LogP contribution in [0.1, 0.15) is 43.8 Å². The third kappa shape index (κ3) is 2.29. The van der Waals surface area contributed by atoms with E-state index < -0.39 is 6.10 Å². The highest BCUT2D eigenvalue weighted by Gasteiger charge is 2.23. The summed E-state index contributed by atoms with van der Waals surface area (Å²) >= 11 is 6.12. The van der Waals surface area contributed by atoms with Crippen LogP contribution in [0.2, 0.25) is 5.02 Å². The normalized spacial score (nSPS) is 20.3. The summed E-state index contributed by atoms with van der Waals surface area (Å²) in [5.74, 6) is 1.88. The van der Waals surface area contributed by atoms with E-state index in [0.717, 1.165) is 12.0 Å². The summed E-state index contributed by atoms with van der Waals surface area (Å²) in [5.41, 5.74) is 0.830. The topological polar surface area (TPSA) is 38.7 Å². The summed E-state index contributed by atoms with van der Waals surface area (Å²) in [6.45, 7) is 0.206. The number of halogens is 1. The highest BCUT2D eigenvalue weighted by molar-refractivity contribution is 6.32. The van der Waals surface area contributed by atoms with E-state index >= 15 is 0 Å². The monoisotopic (exact) mass is 268 g/mol. The minimum Gasteiger partial charge on any atom is -0.454 e. The molecule has 1 aromatic rings. The molecular formula is C14H17ClO3. The maximum absolute atomic E-state index is 10.3. The Bertz CT molecular complexity index is 441. The average molecular weight is 269 g/mol. The van der Waals surface area contributed by atoms with Crippen molar-refractivity contribution in [2.24, 2.45) is 5.92 Å². The Morgan fingerprint density at radius 3 is 2.83 bits per heavy atom. The van der Waals surface area contributed by atoms with Crippen molar-refractivity contribution in [3.05, 3.63) is 22.7 Å². The molecule has 18 heavy (non-hydrogen) atoms. The Morgan fingerprint density at radius 2 is 2.06 bits per heavy atom. The maximum Gasteiger partial charge on any atom is 0.231 e. The SMILES string of the molecule is OC(CC1CCCC1)c1cc(Cl)c2c(c1)OCO2. The van der Waals surface area contributed by atoms with Gasteiger partial charge in [-0.1, -0.05) is 37.3 Å². The van der Waals surface area contributed by atoms with Crippen molar-refractivity contribution in [1.29, 1.82) is 0 Å². The highest BCUT2D eigenvalue weighted by Crippen LogP contribution is 2.42. The molecule has 0 radical (unpaired) electrons. The lowest BCUT2D eigenvalue weighted by Crippen LogP contribution is -2.04. The fourth-order valence-electron chi connectivity index (χ4n) is 2.88. The molecule has 2 aliphatic rings. The molecule has 1 aliphatic carbocycles. The molecular weight excluding hydrogens is 252 g/mol. The Hall–Kier alpha value is -0.930. The summed E-state index contributed by atoms with van der Waals surface area (Å²) in [5, 5.41) is 10.8. The van der Waals surface area contributed by atoms with Crippen LogP contribution in [0, 0.1) is 5.92 Å². The van der Waals surface area contributed by atoms with Crippen LogP contribution in [0.15, 0.2) is 12.1 Å². The maximum atomic E-state index is 10.3. The number of ether oxygens (including phenoxy) is 2. The fourth-order valence-corrected chi connectivity index (χ4v) is 3.15. The van der Waals surface area contributed by atoms with Gasteiger partial charge < -0.3 is 14.6 Å². The zero-order valence-corrected chi connectivity index (χ0v) is 10.9. The highest BCUT2D eigenvalue weighted by atomic mass is 35.5. The van der Waals surface area contributed by atoms with Crippen LogP contribution in [0.5, 0.6) is 11.5 Å². The standard InChI is InChI=1S/C14H17ClO3/c15-11-6-10(7-13-14(11)18-8-17-13)12(16)5-9-3-1-2-4-9/h6-7,9,12,16H,1-5,8H2. The largest absolute Gasteiger partial charge is 0.454 e. The van der Waals surface area contributed by atoms with Gasteiger partial charge in [0.15, 0.2) is 11.5 Å². The number of benzene rings is 1. The first-order valence-electron chi connectivity index (χ1n) is 6.51. The van der Waals surface area contributed by atoms with E-state index in [9.17, 15) is 5.11 Å². The van der Waals surface area contributed by atoms with Gasteiger partial charge in [-0.25, -0.2) is 0 Å². The van der Waals surface area contributed by atoms with Gasteiger partial charge in [0.2, 0.25) is 6.79 Å². The van der Waals surface area contributed by atoms with E-state index in [0.29, 0.717) is 22.4 Å². The van der Waals surface area contributed by atoms with Gasteiger partial charge >= 0.3 is 0 Å². The molecule has 0 saturated heterocycles. The molecule has 1 heterocycles. The Kier molecular flexibility index (Phi) is 3.35. The number of aliphatic hydroxyl groups is 1. The van der Waals surface area contributed by atoms with Gasteiger partial charge in [-0.2, -0.15) is 0 Å². The van der Waals surface area contributed by atoms with Gasteiger partial charge in [0, 0.05) is 0 Å². The lowest BCUT2D eigenvalue weighted by Gasteiger charge is -2.16. The first-order valence-corrected chi connectivity index (χ1v) is 6.89. The van der Waals surface area contributed by atoms with Gasteiger partial charge in [-0.05, 0) is 30.0 Å². The van der Waals surface area contributed by atoms with Crippen molar-refractivity contribution in [3.63, 3.8) is 0 Å². The number of hydrogen-bond acceptors (Lipinski definition) is 3. The van der Waals surface area contributed by atoms with E-state index in [-0.39, 0.29) is 6.79 Å². The Morgan fingerprint density at radius 1 is 1.28 bits per heavy atom. The van der Waals surface area contributed by atoms with E-state index in [1.807, 2.05) is 6.07 Å². The summed E-state index contributed by atoms with van der Waals surface area (Å²) in [4.78, 5) is 0. The molecule has 98 valence electrons. The van der Waals surface area contributed by atoms with E-state index in [4.69, 9.17) is 21.1 Å². The van der Waals surface area contributed by atoms with Crippen LogP contribution in [0.4, 0.5) is 0 Å². The first-order chi connectivity index (χ1) is 8.74. The number of fused-ring (bicyclic) bond motifs is 1. The summed E-state index contributed by atoms with van der Waals surface area (Å²) < 4.78 is 10.6. The second kappa shape index (κ2) is 4.98. The van der Waals surface area contributed by atoms with Crippen molar-refractivity contribution in [2.75, 3.05) is 6.79 Å². The molecule has 0 bridgehead atoms. The fraction of sp³-hybridized carbons (Fsp3) is 0.571. The molecule has 1 unspecified atom stereocenters. The van der Waals surface area contributed by atoms with Crippen LogP contribution < -0.4 is 9.47 Å². The van der Waals surface area contributed by atoms with Crippen LogP contribution in [-0.2, 0) is 0 Å². The molecule has 1 atom stereocenters. The lowest BCUT2D eigenvalue weighted by molar-refractivity contribution is 0.144. The summed E-state index contributed by atoms with van der Waals surface area (Å²) in [7, 11) is 0. The van der Waals surface area contributed by atoms with Gasteiger partial charge in [0.25, 0.3) is 0 Å². The minimum absolute atomic E-state index is 0.206. The van der Waals surface area contributed by atoms with Gasteiger partial charge in [-0.15, -0.1) is 0 Å². The summed E-state index contributed by atoms with van der Waals surface area (Å²) in [6.07, 6.45) is 5.40. The molecule has 1 N–H and O–H groups in total. The molecule has 0 amide bonds. The number of hydrogen-bond donors (Lipinski definition) is 1. The molecule has 0 aromatic heterocycles. The third-order valence-electron chi connectivity index (χ3n) is 3.87. The molecule has 3 rings (SSSR count). The first kappa shape index (κ1) is 12.1. The molecule has 3 nitrogen and oxygen atoms in total. The van der Waals surface area contributed by atoms with Crippen molar-refractivity contribution in [2.45, 2.75) is 38.2 Å². The smallest absolute Gasteiger partial charge is 0.231 e. The van der Waals surface area contributed by atoms with Gasteiger partial charge in [0.1, 0.15) is 0 Å². The van der Waals surface area contributed by atoms with Crippen LogP contribution >= 0.6 is 11.6 Å². The van der Waals surface area contributed by atoms with Crippen LogP contribution in [0.25, 0.3) is 0 Å². The zero-order valence-electron chi connectivity index (χ0n) is 10.2. The molecule has 4 heteroatoms. The number of rotatable bonds is 3. The minimum atomic E-state index is -0.458. The van der Waals surface area contributed by atoms with Crippen LogP contribution in [0.3, 0.4) is 0 Å². The summed E-state index contributed by atoms with van der Waals surface area (Å²) in [6, 6.07) is 3.63. The van der Waals surface area contributed by atoms with Crippen molar-refractivity contribution in [1.82, 2.24) is 0 Å². The van der Waals surface area contributed by atoms with E-state index in [1.165, 1.54) is 25.7 Å². The third-order valence-corrected chi connectivity index (χ3v) is 4.15. The van der Waals surface area contributed by atoms with Gasteiger partial charge in [-0.3, -0.25) is 0 Å². The zero-order chi connectivity index (χ0) is 12.5. The second-order valence-electron chi connectivity index (χ2n) is 5.14. The molecule has 0 spiro atoms. The Labute approximate surface area is 112 Å². The van der Waals surface area contributed by atoms with E-state index in [1.54, 1.807) is 6.07 Å². The molecule has 1 aromatic carbocycles. The van der Waals surface area contributed by atoms with Crippen molar-refractivity contribution >= 4 is 11.6 Å². The Balaban J connectivity index is 1.77. The number of aliphatic hydroxyl groups excluding tert-OH is 1. The molecule has 1 saturated carbocycles. The molecule has 1 aliphatic heterocycles. The predicted octanol–water partition coefficient (Wildman–Crippen LogP) is 3.68. The lowest BCUT2D eigenvalue weighted by atomic mass is 9.95. The van der Waals surface area contributed by atoms with E-state index in [2.05, 4.69) is 0 Å². The molecule has 1 fully saturated rings. The van der Waals surface area contributed by atoms with Crippen LogP contribution in [-0.4, -0.2) is 11.9 Å². The van der Waals surface area contributed by atoms with Crippen molar-refractivity contribution in [3.8, 4) is 11.5 Å². The quantitative estimate of drug-likeness (QED) is 0.909. The predicted molar refractivity (Wildman–Crippen MR) is 69.1 cm³/mol.